The van der Waals surface area contributed by atoms with Gasteiger partial charge in [0.1, 0.15) is 5.67 Å². The molecule has 0 saturated carbocycles. The predicted molar refractivity (Wildman–Crippen MR) is 68.0 cm³/mol. The van der Waals surface area contributed by atoms with E-state index in [0.29, 0.717) is 0 Å². The summed E-state index contributed by atoms with van der Waals surface area (Å²) in [5.74, 6) is -3.00. The number of allylic oxidation sites excluding steroid dienone is 1. The van der Waals surface area contributed by atoms with Gasteiger partial charge in [-0.1, -0.05) is 13.5 Å². The van der Waals surface area contributed by atoms with Gasteiger partial charge in [0.2, 0.25) is 0 Å². The Bertz CT molecular complexity index is 368. The summed E-state index contributed by atoms with van der Waals surface area (Å²) < 4.78 is 38.5. The second-order valence-electron chi connectivity index (χ2n) is 5.53. The van der Waals surface area contributed by atoms with E-state index in [1.54, 1.807) is 13.8 Å². The lowest BCUT2D eigenvalue weighted by atomic mass is 9.67. The summed E-state index contributed by atoms with van der Waals surface area (Å²) in [6, 6.07) is 0. The molecule has 19 heavy (non-hydrogen) atoms. The van der Waals surface area contributed by atoms with Gasteiger partial charge >= 0.3 is 5.97 Å². The van der Waals surface area contributed by atoms with Crippen LogP contribution in [0.3, 0.4) is 0 Å². The minimum Gasteiger partial charge on any atom is -0.465 e. The highest BCUT2D eigenvalue weighted by Crippen LogP contribution is 2.48. The lowest BCUT2D eigenvalue weighted by Crippen LogP contribution is -2.49. The van der Waals surface area contributed by atoms with Crippen LogP contribution in [0.15, 0.2) is 12.4 Å². The Morgan fingerprint density at radius 1 is 1.68 bits per heavy atom. The van der Waals surface area contributed by atoms with Crippen LogP contribution in [0, 0.1) is 17.3 Å². The Labute approximate surface area is 113 Å². The van der Waals surface area contributed by atoms with Crippen molar-refractivity contribution < 1.29 is 23.0 Å². The maximum absolute atomic E-state index is 14.9. The minimum atomic E-state index is -1.93. The Hall–Kier alpha value is -0.970. The van der Waals surface area contributed by atoms with E-state index in [1.807, 2.05) is 0 Å². The number of hydrogen-bond donors (Lipinski definition) is 0. The van der Waals surface area contributed by atoms with Crippen LogP contribution in [-0.4, -0.2) is 31.5 Å². The molecule has 0 bridgehead atoms. The van der Waals surface area contributed by atoms with Gasteiger partial charge in [-0.2, -0.15) is 0 Å². The Morgan fingerprint density at radius 3 is 2.74 bits per heavy atom. The van der Waals surface area contributed by atoms with Gasteiger partial charge in [-0.15, -0.1) is 0 Å². The lowest BCUT2D eigenvalue weighted by Gasteiger charge is -2.38. The van der Waals surface area contributed by atoms with Gasteiger partial charge in [-0.25, -0.2) is 8.78 Å². The second kappa shape index (κ2) is 5.57. The number of ether oxygens (including phenoxy) is 2. The fourth-order valence-electron chi connectivity index (χ4n) is 2.56. The number of carbonyl (C=O) groups is 1. The third kappa shape index (κ3) is 2.81. The molecule has 4 atom stereocenters. The standard InChI is InChI=1S/C14H22F2O3/c1-6-19-12(17)13(4)8-18-7-11(13)14(5,16)9(2)10(3)15/h9,11H,3,6-8H2,1-2,4-5H3/t9-,11-,13?,14+/m1/s1. The predicted octanol–water partition coefficient (Wildman–Crippen LogP) is 3.05. The van der Waals surface area contributed by atoms with Gasteiger partial charge in [0.05, 0.1) is 31.1 Å². The van der Waals surface area contributed by atoms with Crippen molar-refractivity contribution in [2.75, 3.05) is 19.8 Å². The van der Waals surface area contributed by atoms with Crippen molar-refractivity contribution in [1.29, 1.82) is 0 Å². The highest BCUT2D eigenvalue weighted by Gasteiger charge is 2.57. The van der Waals surface area contributed by atoms with Crippen LogP contribution in [0.2, 0.25) is 0 Å². The first-order valence-corrected chi connectivity index (χ1v) is 6.46. The van der Waals surface area contributed by atoms with Gasteiger partial charge in [-0.3, -0.25) is 4.79 Å². The third-order valence-electron chi connectivity index (χ3n) is 4.20. The molecular weight excluding hydrogens is 254 g/mol. The Kier molecular flexibility index (Phi) is 4.72. The fourth-order valence-corrected chi connectivity index (χ4v) is 2.56. The van der Waals surface area contributed by atoms with E-state index in [1.165, 1.54) is 13.8 Å². The molecule has 0 N–H and O–H groups in total. The SMILES string of the molecule is C=C(F)[C@@H](C)[C@](C)(F)[C@@H]1COCC1(C)C(=O)OCC. The van der Waals surface area contributed by atoms with E-state index in [2.05, 4.69) is 6.58 Å². The van der Waals surface area contributed by atoms with Crippen molar-refractivity contribution in [2.45, 2.75) is 33.4 Å². The van der Waals surface area contributed by atoms with E-state index < -0.39 is 34.7 Å². The highest BCUT2D eigenvalue weighted by atomic mass is 19.2. The molecule has 1 heterocycles. The van der Waals surface area contributed by atoms with E-state index in [4.69, 9.17) is 9.47 Å². The maximum atomic E-state index is 14.9. The van der Waals surface area contributed by atoms with Crippen molar-refractivity contribution in [3.8, 4) is 0 Å². The quantitative estimate of drug-likeness (QED) is 0.724. The van der Waals surface area contributed by atoms with E-state index in [0.717, 1.165) is 0 Å². The van der Waals surface area contributed by atoms with Crippen LogP contribution in [0.5, 0.6) is 0 Å². The molecule has 1 unspecified atom stereocenters. The number of alkyl halides is 1. The summed E-state index contributed by atoms with van der Waals surface area (Å²) >= 11 is 0. The summed E-state index contributed by atoms with van der Waals surface area (Å²) in [6.45, 7) is 9.54. The molecule has 0 amide bonds. The van der Waals surface area contributed by atoms with Gasteiger partial charge in [0, 0.05) is 11.8 Å². The highest BCUT2D eigenvalue weighted by molar-refractivity contribution is 5.77. The monoisotopic (exact) mass is 276 g/mol. The number of halogens is 2. The molecule has 1 aliphatic heterocycles. The van der Waals surface area contributed by atoms with Gasteiger partial charge in [0.15, 0.2) is 0 Å². The lowest BCUT2D eigenvalue weighted by molar-refractivity contribution is -0.160. The molecule has 110 valence electrons. The van der Waals surface area contributed by atoms with Crippen molar-refractivity contribution in [3.05, 3.63) is 12.4 Å². The molecule has 1 fully saturated rings. The number of esters is 1. The Balaban J connectivity index is 3.04. The summed E-state index contributed by atoms with van der Waals surface area (Å²) in [5.41, 5.74) is -3.02. The molecule has 5 heteroatoms. The summed E-state index contributed by atoms with van der Waals surface area (Å²) in [6.07, 6.45) is 0. The first kappa shape index (κ1) is 16.1. The second-order valence-corrected chi connectivity index (χ2v) is 5.53. The van der Waals surface area contributed by atoms with Crippen molar-refractivity contribution >= 4 is 5.97 Å². The number of hydrogen-bond acceptors (Lipinski definition) is 3. The molecule has 0 radical (unpaired) electrons. The molecule has 1 saturated heterocycles. The summed E-state index contributed by atoms with van der Waals surface area (Å²) in [7, 11) is 0. The number of carbonyl (C=O) groups excluding carboxylic acids is 1. The number of rotatable bonds is 5. The average molecular weight is 276 g/mol. The topological polar surface area (TPSA) is 35.5 Å². The van der Waals surface area contributed by atoms with Crippen LogP contribution in [-0.2, 0) is 14.3 Å². The van der Waals surface area contributed by atoms with Crippen LogP contribution in [0.25, 0.3) is 0 Å². The molecule has 1 rings (SSSR count). The largest absolute Gasteiger partial charge is 0.465 e. The van der Waals surface area contributed by atoms with Crippen molar-refractivity contribution in [3.63, 3.8) is 0 Å². The van der Waals surface area contributed by atoms with Gasteiger partial charge in [0.25, 0.3) is 0 Å². The molecular formula is C14H22F2O3. The van der Waals surface area contributed by atoms with Crippen molar-refractivity contribution in [1.82, 2.24) is 0 Å². The summed E-state index contributed by atoms with van der Waals surface area (Å²) in [5, 5.41) is 0. The van der Waals surface area contributed by atoms with E-state index in [9.17, 15) is 13.6 Å². The average Bonchev–Trinajstić information content (AvgIpc) is 2.72. The molecule has 0 aliphatic carbocycles. The molecule has 3 nitrogen and oxygen atoms in total. The van der Waals surface area contributed by atoms with Crippen LogP contribution in [0.1, 0.15) is 27.7 Å². The zero-order valence-corrected chi connectivity index (χ0v) is 12.0. The smallest absolute Gasteiger partial charge is 0.314 e. The summed E-state index contributed by atoms with van der Waals surface area (Å²) in [4.78, 5) is 12.0. The molecule has 0 aromatic rings. The maximum Gasteiger partial charge on any atom is 0.314 e. The first-order chi connectivity index (χ1) is 8.67. The van der Waals surface area contributed by atoms with E-state index in [-0.39, 0.29) is 19.8 Å². The van der Waals surface area contributed by atoms with Crippen LogP contribution < -0.4 is 0 Å². The Morgan fingerprint density at radius 2 is 2.26 bits per heavy atom. The van der Waals surface area contributed by atoms with Crippen LogP contribution >= 0.6 is 0 Å². The molecule has 1 aliphatic rings. The third-order valence-corrected chi connectivity index (χ3v) is 4.20. The normalized spacial score (nSPS) is 31.6. The first-order valence-electron chi connectivity index (χ1n) is 6.46. The fraction of sp³-hybridized carbons (Fsp3) is 0.786. The van der Waals surface area contributed by atoms with Crippen molar-refractivity contribution in [2.24, 2.45) is 17.3 Å². The molecule has 0 spiro atoms. The molecule has 0 aromatic carbocycles. The van der Waals surface area contributed by atoms with Crippen LogP contribution in [0.4, 0.5) is 8.78 Å². The minimum absolute atomic E-state index is 0.0694. The zero-order chi connectivity index (χ0) is 14.8. The van der Waals surface area contributed by atoms with Gasteiger partial charge in [-0.05, 0) is 20.8 Å². The van der Waals surface area contributed by atoms with E-state index >= 15 is 0 Å². The zero-order valence-electron chi connectivity index (χ0n) is 12.0. The van der Waals surface area contributed by atoms with Gasteiger partial charge < -0.3 is 9.47 Å². The molecule has 0 aromatic heterocycles.